The molecule has 15 heavy (non-hydrogen) atoms. The van der Waals surface area contributed by atoms with E-state index in [1.165, 1.54) is 0 Å². The fourth-order valence-corrected chi connectivity index (χ4v) is 1.50. The van der Waals surface area contributed by atoms with Crippen LogP contribution in [-0.2, 0) is 11.2 Å². The number of unbranched alkanes of at least 4 members (excludes halogenated alkanes) is 1. The maximum absolute atomic E-state index is 11.2. The Hall–Kier alpha value is -1.58. The number of rotatable bonds is 5. The molecule has 0 saturated carbocycles. The van der Waals surface area contributed by atoms with E-state index in [9.17, 15) is 9.59 Å². The van der Waals surface area contributed by atoms with Crippen molar-refractivity contribution in [3.63, 3.8) is 0 Å². The van der Waals surface area contributed by atoms with Crippen molar-refractivity contribution in [3.05, 3.63) is 33.7 Å². The third-order valence-corrected chi connectivity index (χ3v) is 2.15. The Morgan fingerprint density at radius 1 is 1.40 bits per heavy atom. The Balaban J connectivity index is 2.44. The second kappa shape index (κ2) is 5.34. The van der Waals surface area contributed by atoms with Crippen LogP contribution in [0.2, 0.25) is 0 Å². The number of aromatic amines is 1. The van der Waals surface area contributed by atoms with Crippen LogP contribution in [0, 0.1) is 6.92 Å². The molecule has 0 spiro atoms. The van der Waals surface area contributed by atoms with Gasteiger partial charge in [0.1, 0.15) is 0 Å². The SMILES string of the molecule is Cc1cc(=O)cc(CCCCC(N)=O)[nH]1. The first kappa shape index (κ1) is 11.5. The number of primary amides is 1. The van der Waals surface area contributed by atoms with Crippen LogP contribution >= 0.6 is 0 Å². The summed E-state index contributed by atoms with van der Waals surface area (Å²) in [5, 5.41) is 0. The maximum Gasteiger partial charge on any atom is 0.217 e. The molecule has 4 heteroatoms. The fourth-order valence-electron chi connectivity index (χ4n) is 1.50. The first-order chi connectivity index (χ1) is 7.08. The van der Waals surface area contributed by atoms with Gasteiger partial charge in [0.2, 0.25) is 5.91 Å². The molecule has 0 atom stereocenters. The van der Waals surface area contributed by atoms with Crippen LogP contribution in [0.15, 0.2) is 16.9 Å². The van der Waals surface area contributed by atoms with Gasteiger partial charge in [-0.1, -0.05) is 0 Å². The Morgan fingerprint density at radius 3 is 2.73 bits per heavy atom. The zero-order chi connectivity index (χ0) is 11.3. The number of aryl methyl sites for hydroxylation is 2. The molecule has 1 rings (SSSR count). The standard InChI is InChI=1S/C11H16N2O2/c1-8-6-10(14)7-9(13-8)4-2-3-5-11(12)15/h6-7H,2-5H2,1H3,(H2,12,15)(H,13,14). The number of nitrogens with two attached hydrogens (primary N) is 1. The van der Waals surface area contributed by atoms with Crippen LogP contribution < -0.4 is 11.2 Å². The number of amides is 1. The topological polar surface area (TPSA) is 76.0 Å². The van der Waals surface area contributed by atoms with Crippen molar-refractivity contribution in [2.75, 3.05) is 0 Å². The van der Waals surface area contributed by atoms with Crippen LogP contribution in [0.25, 0.3) is 0 Å². The normalized spacial score (nSPS) is 10.2. The highest BCUT2D eigenvalue weighted by atomic mass is 16.1. The molecule has 0 unspecified atom stereocenters. The lowest BCUT2D eigenvalue weighted by molar-refractivity contribution is -0.118. The average molecular weight is 208 g/mol. The van der Waals surface area contributed by atoms with Gasteiger partial charge in [-0.15, -0.1) is 0 Å². The molecule has 0 aliphatic heterocycles. The molecule has 0 radical (unpaired) electrons. The summed E-state index contributed by atoms with van der Waals surface area (Å²) in [6.45, 7) is 1.86. The molecule has 3 N–H and O–H groups in total. The Labute approximate surface area is 88.5 Å². The van der Waals surface area contributed by atoms with Crippen molar-refractivity contribution in [1.82, 2.24) is 4.98 Å². The smallest absolute Gasteiger partial charge is 0.217 e. The van der Waals surface area contributed by atoms with Gasteiger partial charge in [-0.2, -0.15) is 0 Å². The number of carbonyl (C=O) groups is 1. The molecule has 0 aromatic carbocycles. The lowest BCUT2D eigenvalue weighted by atomic mass is 10.1. The van der Waals surface area contributed by atoms with Gasteiger partial charge < -0.3 is 10.7 Å². The Kier molecular flexibility index (Phi) is 4.09. The summed E-state index contributed by atoms with van der Waals surface area (Å²) >= 11 is 0. The molecule has 1 amide bonds. The Morgan fingerprint density at radius 2 is 2.13 bits per heavy atom. The van der Waals surface area contributed by atoms with E-state index in [1.54, 1.807) is 12.1 Å². The summed E-state index contributed by atoms with van der Waals surface area (Å²) in [5.74, 6) is -0.271. The molecule has 1 heterocycles. The van der Waals surface area contributed by atoms with Crippen molar-refractivity contribution in [3.8, 4) is 0 Å². The van der Waals surface area contributed by atoms with Gasteiger partial charge in [0.05, 0.1) is 0 Å². The molecule has 0 bridgehead atoms. The van der Waals surface area contributed by atoms with Crippen molar-refractivity contribution in [2.45, 2.75) is 32.6 Å². The average Bonchev–Trinajstić information content (AvgIpc) is 2.10. The minimum Gasteiger partial charge on any atom is -0.370 e. The molecule has 4 nitrogen and oxygen atoms in total. The van der Waals surface area contributed by atoms with E-state index in [2.05, 4.69) is 4.98 Å². The number of carbonyl (C=O) groups excluding carboxylic acids is 1. The third kappa shape index (κ3) is 4.44. The van der Waals surface area contributed by atoms with Crippen LogP contribution in [0.5, 0.6) is 0 Å². The van der Waals surface area contributed by atoms with Crippen molar-refractivity contribution in [2.24, 2.45) is 5.73 Å². The second-order valence-corrected chi connectivity index (χ2v) is 3.70. The molecular weight excluding hydrogens is 192 g/mol. The first-order valence-electron chi connectivity index (χ1n) is 5.06. The molecule has 0 saturated heterocycles. The molecule has 1 aromatic heterocycles. The second-order valence-electron chi connectivity index (χ2n) is 3.70. The lowest BCUT2D eigenvalue weighted by Crippen LogP contribution is -2.10. The predicted octanol–water partition coefficient (Wildman–Crippen LogP) is 0.881. The van der Waals surface area contributed by atoms with Crippen molar-refractivity contribution < 1.29 is 4.79 Å². The summed E-state index contributed by atoms with van der Waals surface area (Å²) in [4.78, 5) is 24.8. The van der Waals surface area contributed by atoms with Gasteiger partial charge in [-0.3, -0.25) is 9.59 Å². The van der Waals surface area contributed by atoms with Crippen LogP contribution in [0.1, 0.15) is 30.7 Å². The van der Waals surface area contributed by atoms with Crippen molar-refractivity contribution >= 4 is 5.91 Å². The zero-order valence-corrected chi connectivity index (χ0v) is 8.88. The minimum absolute atomic E-state index is 0.0242. The van der Waals surface area contributed by atoms with E-state index < -0.39 is 0 Å². The number of nitrogens with one attached hydrogen (secondary N) is 1. The number of pyridine rings is 1. The highest BCUT2D eigenvalue weighted by molar-refractivity contribution is 5.73. The van der Waals surface area contributed by atoms with E-state index in [1.807, 2.05) is 6.92 Å². The maximum atomic E-state index is 11.2. The van der Waals surface area contributed by atoms with Crippen molar-refractivity contribution in [1.29, 1.82) is 0 Å². The summed E-state index contributed by atoms with van der Waals surface area (Å²) in [7, 11) is 0. The van der Waals surface area contributed by atoms with E-state index >= 15 is 0 Å². The number of hydrogen-bond acceptors (Lipinski definition) is 2. The largest absolute Gasteiger partial charge is 0.370 e. The molecule has 0 aliphatic carbocycles. The van der Waals surface area contributed by atoms with E-state index in [-0.39, 0.29) is 11.3 Å². The van der Waals surface area contributed by atoms with E-state index in [0.717, 1.165) is 30.7 Å². The summed E-state index contributed by atoms with van der Waals surface area (Å²) in [6, 6.07) is 3.16. The number of aromatic nitrogens is 1. The van der Waals surface area contributed by atoms with Gasteiger partial charge in [-0.25, -0.2) is 0 Å². The van der Waals surface area contributed by atoms with Gasteiger partial charge in [0, 0.05) is 29.9 Å². The quantitative estimate of drug-likeness (QED) is 0.705. The zero-order valence-electron chi connectivity index (χ0n) is 8.88. The number of hydrogen-bond donors (Lipinski definition) is 2. The van der Waals surface area contributed by atoms with Gasteiger partial charge >= 0.3 is 0 Å². The molecule has 0 fully saturated rings. The monoisotopic (exact) mass is 208 g/mol. The summed E-state index contributed by atoms with van der Waals surface area (Å²) < 4.78 is 0. The lowest BCUT2D eigenvalue weighted by Gasteiger charge is -2.02. The fraction of sp³-hybridized carbons (Fsp3) is 0.455. The van der Waals surface area contributed by atoms with Gasteiger partial charge in [0.25, 0.3) is 0 Å². The molecule has 1 aromatic rings. The minimum atomic E-state index is -0.271. The molecule has 0 aliphatic rings. The molecule has 82 valence electrons. The van der Waals surface area contributed by atoms with Crippen LogP contribution in [0.4, 0.5) is 0 Å². The van der Waals surface area contributed by atoms with E-state index in [0.29, 0.717) is 6.42 Å². The third-order valence-electron chi connectivity index (χ3n) is 2.15. The summed E-state index contributed by atoms with van der Waals surface area (Å²) in [5.41, 5.74) is 6.84. The Bertz CT molecular complexity index is 396. The highest BCUT2D eigenvalue weighted by Crippen LogP contribution is 2.02. The van der Waals surface area contributed by atoms with E-state index in [4.69, 9.17) is 5.73 Å². The van der Waals surface area contributed by atoms with Gasteiger partial charge in [-0.05, 0) is 26.2 Å². The summed E-state index contributed by atoms with van der Waals surface area (Å²) in [6.07, 6.45) is 2.83. The highest BCUT2D eigenvalue weighted by Gasteiger charge is 1.98. The molecular formula is C11H16N2O2. The van der Waals surface area contributed by atoms with Gasteiger partial charge in [0.15, 0.2) is 5.43 Å². The van der Waals surface area contributed by atoms with Crippen LogP contribution in [-0.4, -0.2) is 10.9 Å². The predicted molar refractivity (Wildman–Crippen MR) is 58.5 cm³/mol. The number of H-pyrrole nitrogens is 1. The van der Waals surface area contributed by atoms with Crippen LogP contribution in [0.3, 0.4) is 0 Å². The first-order valence-corrected chi connectivity index (χ1v) is 5.06.